The third-order valence-electron chi connectivity index (χ3n) is 6.94. The third-order valence-corrected chi connectivity index (χ3v) is 7.78. The molecule has 0 aromatic heterocycles. The van der Waals surface area contributed by atoms with Gasteiger partial charge in [-0.3, -0.25) is 19.6 Å². The van der Waals surface area contributed by atoms with E-state index in [1.165, 1.54) is 0 Å². The maximum atomic E-state index is 12.2. The summed E-state index contributed by atoms with van der Waals surface area (Å²) in [6.45, 7) is 25.8. The molecular weight excluding hydrogens is 573 g/mol. The second-order valence-electron chi connectivity index (χ2n) is 14.8. The molecule has 8 nitrogen and oxygen atoms in total. The van der Waals surface area contributed by atoms with E-state index in [9.17, 15) is 28.7 Å². The molecule has 0 unspecified atom stereocenters. The molecule has 0 heterocycles. The second-order valence-corrected chi connectivity index (χ2v) is 17.1. The molecule has 0 radical (unpaired) electrons. The van der Waals surface area contributed by atoms with E-state index in [-0.39, 0.29) is 53.3 Å². The number of rotatable bonds is 6. The van der Waals surface area contributed by atoms with Gasteiger partial charge in [-0.05, 0) is 32.8 Å². The number of hydrogen-bond acceptors (Lipinski definition) is 4. The van der Waals surface area contributed by atoms with E-state index in [1.54, 1.807) is 0 Å². The third kappa shape index (κ3) is 10.2. The SMILES string of the molecule is CC(c1cc(C(C)(C)C)cc(C(C)(C)C)c1OP(=O)(O)O)c1cc(C(C)(C)C)cc(C(C)(C)C)c1OP(=O)(O)O.[H-].[Na+]. The van der Waals surface area contributed by atoms with Crippen LogP contribution >= 0.6 is 15.6 Å². The van der Waals surface area contributed by atoms with Crippen molar-refractivity contribution in [3.63, 3.8) is 0 Å². The summed E-state index contributed by atoms with van der Waals surface area (Å²) in [7, 11) is -9.94. The van der Waals surface area contributed by atoms with Gasteiger partial charge in [-0.1, -0.05) is 114 Å². The van der Waals surface area contributed by atoms with Crippen molar-refractivity contribution < 1.29 is 68.7 Å². The first-order chi connectivity index (χ1) is 17.5. The summed E-state index contributed by atoms with van der Waals surface area (Å²) in [5, 5.41) is 0. The molecule has 2 aromatic rings. The zero-order chi connectivity index (χ0) is 31.4. The molecule has 0 atom stereocenters. The van der Waals surface area contributed by atoms with Crippen molar-refractivity contribution in [2.45, 2.75) is 118 Å². The van der Waals surface area contributed by atoms with Crippen LogP contribution in [0.1, 0.15) is 131 Å². The van der Waals surface area contributed by atoms with E-state index in [0.29, 0.717) is 22.3 Å². The Balaban J connectivity index is 0.00000840. The first-order valence-corrected chi connectivity index (χ1v) is 16.5. The molecule has 2 aromatic carbocycles. The second kappa shape index (κ2) is 12.4. The minimum Gasteiger partial charge on any atom is -1.00 e. The number of phosphoric acid groups is 2. The quantitative estimate of drug-likeness (QED) is 0.259. The zero-order valence-corrected chi connectivity index (χ0v) is 31.0. The van der Waals surface area contributed by atoms with Gasteiger partial charge in [0.1, 0.15) is 11.5 Å². The minimum absolute atomic E-state index is 0. The van der Waals surface area contributed by atoms with Gasteiger partial charge in [0, 0.05) is 28.2 Å². The van der Waals surface area contributed by atoms with Crippen LogP contribution in [0.5, 0.6) is 11.5 Å². The van der Waals surface area contributed by atoms with Crippen LogP contribution in [0.4, 0.5) is 0 Å². The average molecular weight is 623 g/mol. The molecule has 228 valence electrons. The smallest absolute Gasteiger partial charge is 1.00 e. The van der Waals surface area contributed by atoms with Crippen LogP contribution in [0.3, 0.4) is 0 Å². The Kier molecular flexibility index (Phi) is 11.6. The summed E-state index contributed by atoms with van der Waals surface area (Å²) >= 11 is 0. The van der Waals surface area contributed by atoms with E-state index in [0.717, 1.165) is 11.1 Å². The topological polar surface area (TPSA) is 134 Å². The minimum atomic E-state index is -4.97. The summed E-state index contributed by atoms with van der Waals surface area (Å²) in [4.78, 5) is 39.7. The van der Waals surface area contributed by atoms with Crippen molar-refractivity contribution in [3.05, 3.63) is 57.6 Å². The maximum absolute atomic E-state index is 12.2. The first-order valence-electron chi connectivity index (χ1n) is 13.4. The Hall–Kier alpha value is -0.660. The average Bonchev–Trinajstić information content (AvgIpc) is 2.67. The molecule has 0 saturated heterocycles. The van der Waals surface area contributed by atoms with Crippen molar-refractivity contribution in [1.82, 2.24) is 0 Å². The predicted octanol–water partition coefficient (Wildman–Crippen LogP) is 5.09. The Morgan fingerprint density at radius 2 is 0.854 bits per heavy atom. The summed E-state index contributed by atoms with van der Waals surface area (Å²) in [5.74, 6) is -0.515. The molecule has 0 spiro atoms. The number of phosphoric ester groups is 2. The van der Waals surface area contributed by atoms with Crippen molar-refractivity contribution in [2.24, 2.45) is 0 Å². The molecule has 0 bridgehead atoms. The van der Waals surface area contributed by atoms with E-state index >= 15 is 0 Å². The summed E-state index contributed by atoms with van der Waals surface area (Å²) < 4.78 is 35.3. The normalized spacial score (nSPS) is 13.7. The van der Waals surface area contributed by atoms with Gasteiger partial charge in [-0.2, -0.15) is 0 Å². The van der Waals surface area contributed by atoms with Crippen molar-refractivity contribution in [1.29, 1.82) is 0 Å². The Morgan fingerprint density at radius 1 is 0.585 bits per heavy atom. The van der Waals surface area contributed by atoms with Gasteiger partial charge in [-0.15, -0.1) is 0 Å². The van der Waals surface area contributed by atoms with Gasteiger partial charge in [-0.25, -0.2) is 9.13 Å². The zero-order valence-electron chi connectivity index (χ0n) is 28.2. The van der Waals surface area contributed by atoms with Crippen LogP contribution in [-0.4, -0.2) is 19.6 Å². The molecule has 0 aliphatic heterocycles. The fourth-order valence-corrected chi connectivity index (χ4v) is 5.42. The molecule has 0 amide bonds. The molecule has 0 aliphatic rings. The van der Waals surface area contributed by atoms with E-state index in [1.807, 2.05) is 114 Å². The molecule has 4 N–H and O–H groups in total. The largest absolute Gasteiger partial charge is 1.00 e. The first kappa shape index (κ1) is 38.4. The molecule has 0 saturated carbocycles. The fraction of sp³-hybridized carbons (Fsp3) is 0.600. The summed E-state index contributed by atoms with van der Waals surface area (Å²) in [6, 6.07) is 7.57. The number of benzene rings is 2. The molecule has 0 aliphatic carbocycles. The van der Waals surface area contributed by atoms with Crippen LogP contribution in [0.25, 0.3) is 0 Å². The van der Waals surface area contributed by atoms with Crippen LogP contribution in [-0.2, 0) is 30.8 Å². The van der Waals surface area contributed by atoms with Gasteiger partial charge < -0.3 is 10.5 Å². The summed E-state index contributed by atoms with van der Waals surface area (Å²) in [6.07, 6.45) is 0. The van der Waals surface area contributed by atoms with Crippen LogP contribution in [0.2, 0.25) is 0 Å². The standard InChI is InChI=1S/C30H48O8P2.Na.H/c1-18(21-14-19(27(2,3)4)16-23(29(8,9)10)25(21)37-39(31,32)33)22-15-20(28(5,6)7)17-24(30(11,12)13)26(22)38-40(34,35)36;;/h14-18H,1-13H3,(H2,31,32,33)(H2,34,35,36);;/q;+1;-1. The maximum Gasteiger partial charge on any atom is 1.00 e. The molecule has 41 heavy (non-hydrogen) atoms. The van der Waals surface area contributed by atoms with Crippen LogP contribution in [0, 0.1) is 0 Å². The summed E-state index contributed by atoms with van der Waals surface area (Å²) in [5.41, 5.74) is 2.34. The van der Waals surface area contributed by atoms with Gasteiger partial charge in [0.15, 0.2) is 0 Å². The van der Waals surface area contributed by atoms with Crippen LogP contribution < -0.4 is 38.6 Å². The monoisotopic (exact) mass is 622 g/mol. The van der Waals surface area contributed by atoms with E-state index in [2.05, 4.69) is 0 Å². The van der Waals surface area contributed by atoms with Crippen molar-refractivity contribution >= 4 is 15.6 Å². The molecule has 0 fully saturated rings. The van der Waals surface area contributed by atoms with Gasteiger partial charge in [0.25, 0.3) is 0 Å². The van der Waals surface area contributed by atoms with Crippen molar-refractivity contribution in [3.8, 4) is 11.5 Å². The predicted molar refractivity (Wildman–Crippen MR) is 162 cm³/mol. The van der Waals surface area contributed by atoms with E-state index < -0.39 is 32.4 Å². The Morgan fingerprint density at radius 3 is 1.05 bits per heavy atom. The van der Waals surface area contributed by atoms with Gasteiger partial charge >= 0.3 is 45.2 Å². The van der Waals surface area contributed by atoms with Gasteiger partial charge in [0.2, 0.25) is 0 Å². The van der Waals surface area contributed by atoms with Crippen LogP contribution in [0.15, 0.2) is 24.3 Å². The Bertz CT molecular complexity index is 1250. The molecular formula is C30H49NaO8P2. The van der Waals surface area contributed by atoms with E-state index in [4.69, 9.17) is 9.05 Å². The number of hydrogen-bond donors (Lipinski definition) is 4. The van der Waals surface area contributed by atoms with Crippen molar-refractivity contribution in [2.75, 3.05) is 0 Å². The fourth-order valence-electron chi connectivity index (χ4n) is 4.54. The van der Waals surface area contributed by atoms with Gasteiger partial charge in [0.05, 0.1) is 0 Å². The molecule has 2 rings (SSSR count). The Labute approximate surface area is 269 Å². The molecule has 11 heteroatoms.